The highest BCUT2D eigenvalue weighted by Crippen LogP contribution is 2.15. The Hall–Kier alpha value is -1.16. The summed E-state index contributed by atoms with van der Waals surface area (Å²) in [5.41, 5.74) is 1.41. The molecule has 0 spiro atoms. The van der Waals surface area contributed by atoms with E-state index in [1.807, 2.05) is 6.07 Å². The van der Waals surface area contributed by atoms with Crippen molar-refractivity contribution in [3.8, 4) is 0 Å². The Kier molecular flexibility index (Phi) is 1.69. The Bertz CT molecular complexity index is 419. The number of hydrogen-bond acceptors (Lipinski definition) is 3. The van der Waals surface area contributed by atoms with Gasteiger partial charge in [0.1, 0.15) is 0 Å². The molecule has 62 valence electrons. The molecule has 0 N–H and O–H groups in total. The molecule has 0 bridgehead atoms. The summed E-state index contributed by atoms with van der Waals surface area (Å²) in [6.07, 6.45) is 0. The van der Waals surface area contributed by atoms with Gasteiger partial charge in [-0.3, -0.25) is 4.79 Å². The molecule has 12 heavy (non-hydrogen) atoms. The van der Waals surface area contributed by atoms with Crippen molar-refractivity contribution in [3.05, 3.63) is 35.4 Å². The van der Waals surface area contributed by atoms with Gasteiger partial charge in [0.15, 0.2) is 0 Å². The van der Waals surface area contributed by atoms with Crippen molar-refractivity contribution >= 4 is 16.5 Å². The van der Waals surface area contributed by atoms with Gasteiger partial charge in [0.2, 0.25) is 0 Å². The molecule has 0 atom stereocenters. The van der Waals surface area contributed by atoms with E-state index < -0.39 is 10.6 Å². The predicted octanol–water partition coefficient (Wildman–Crippen LogP) is 1.49. The molecule has 1 aliphatic rings. The van der Waals surface area contributed by atoms with E-state index in [1.165, 1.54) is 0 Å². The lowest BCUT2D eigenvalue weighted by Gasteiger charge is -2.14. The largest absolute Gasteiger partial charge is 0.444 e. The van der Waals surface area contributed by atoms with Crippen LogP contribution in [0.15, 0.2) is 28.6 Å². The molecule has 2 rings (SSSR count). The summed E-state index contributed by atoms with van der Waals surface area (Å²) in [6.45, 7) is 0. The minimum atomic E-state index is -1.36. The molecular formula is C8H6NO2S-. The SMILES string of the molecule is O=C1N=[S-](=O)Cc2ccccc21. The molecule has 0 radical (unpaired) electrons. The Morgan fingerprint density at radius 3 is 2.92 bits per heavy atom. The predicted molar refractivity (Wildman–Crippen MR) is 45.0 cm³/mol. The van der Waals surface area contributed by atoms with Crippen LogP contribution in [0.3, 0.4) is 0 Å². The lowest BCUT2D eigenvalue weighted by atomic mass is 10.1. The fourth-order valence-corrected chi connectivity index (χ4v) is 2.03. The third-order valence-corrected chi connectivity index (χ3v) is 2.64. The molecular weight excluding hydrogens is 174 g/mol. The van der Waals surface area contributed by atoms with Gasteiger partial charge in [-0.25, -0.2) is 0 Å². The smallest absolute Gasteiger partial charge is 0.254 e. The molecule has 1 amide bonds. The monoisotopic (exact) mass is 180 g/mol. The fourth-order valence-electron chi connectivity index (χ4n) is 1.16. The van der Waals surface area contributed by atoms with Crippen LogP contribution in [0.2, 0.25) is 0 Å². The van der Waals surface area contributed by atoms with Gasteiger partial charge in [-0.05, 0) is 6.07 Å². The number of rotatable bonds is 0. The van der Waals surface area contributed by atoms with Crippen molar-refractivity contribution in [1.29, 1.82) is 0 Å². The summed E-state index contributed by atoms with van der Waals surface area (Å²) >= 11 is 0. The summed E-state index contributed by atoms with van der Waals surface area (Å²) in [7, 11) is -1.36. The zero-order valence-corrected chi connectivity index (χ0v) is 7.00. The van der Waals surface area contributed by atoms with Gasteiger partial charge in [-0.15, -0.1) is 0 Å². The van der Waals surface area contributed by atoms with Gasteiger partial charge in [-0.2, -0.15) is 10.6 Å². The Morgan fingerprint density at radius 1 is 1.33 bits per heavy atom. The summed E-state index contributed by atoms with van der Waals surface area (Å²) in [4.78, 5) is 11.1. The summed E-state index contributed by atoms with van der Waals surface area (Å²) in [5, 5.41) is 0. The lowest BCUT2D eigenvalue weighted by molar-refractivity contribution is 0.100. The van der Waals surface area contributed by atoms with E-state index >= 15 is 0 Å². The van der Waals surface area contributed by atoms with Crippen LogP contribution >= 0.6 is 0 Å². The first-order valence-electron chi connectivity index (χ1n) is 3.50. The van der Waals surface area contributed by atoms with Gasteiger partial charge in [0, 0.05) is 5.56 Å². The number of amides is 1. The maximum Gasteiger partial charge on any atom is 0.254 e. The first-order chi connectivity index (χ1) is 5.77. The number of fused-ring (bicyclic) bond motifs is 1. The number of carbonyl (C=O) groups is 1. The van der Waals surface area contributed by atoms with Crippen molar-refractivity contribution in [1.82, 2.24) is 0 Å². The molecule has 0 saturated carbocycles. The van der Waals surface area contributed by atoms with Crippen molar-refractivity contribution in [2.24, 2.45) is 4.36 Å². The highest BCUT2D eigenvalue weighted by atomic mass is 32.2. The minimum absolute atomic E-state index is 0.363. The summed E-state index contributed by atoms with van der Waals surface area (Å²) in [5.74, 6) is -0.00256. The second kappa shape index (κ2) is 2.71. The maximum absolute atomic E-state index is 11.1. The minimum Gasteiger partial charge on any atom is -0.444 e. The molecule has 1 aromatic carbocycles. The zero-order valence-electron chi connectivity index (χ0n) is 6.19. The molecule has 0 unspecified atom stereocenters. The van der Waals surface area contributed by atoms with Gasteiger partial charge in [-0.1, -0.05) is 29.5 Å². The fraction of sp³-hybridized carbons (Fsp3) is 0.125. The van der Waals surface area contributed by atoms with E-state index in [0.29, 0.717) is 11.3 Å². The molecule has 1 aliphatic heterocycles. The third-order valence-electron chi connectivity index (χ3n) is 1.71. The molecule has 1 heterocycles. The van der Waals surface area contributed by atoms with Crippen molar-refractivity contribution in [2.75, 3.05) is 0 Å². The van der Waals surface area contributed by atoms with Crippen LogP contribution in [0.1, 0.15) is 15.9 Å². The molecule has 1 aromatic rings. The topological polar surface area (TPSA) is 46.5 Å². The zero-order chi connectivity index (χ0) is 8.55. The van der Waals surface area contributed by atoms with Crippen LogP contribution in [-0.2, 0) is 20.6 Å². The van der Waals surface area contributed by atoms with E-state index in [0.717, 1.165) is 5.56 Å². The second-order valence-corrected chi connectivity index (χ2v) is 3.63. The highest BCUT2D eigenvalue weighted by Gasteiger charge is 2.09. The summed E-state index contributed by atoms with van der Waals surface area (Å²) < 4.78 is 14.4. The first-order valence-corrected chi connectivity index (χ1v) is 4.77. The van der Waals surface area contributed by atoms with E-state index in [4.69, 9.17) is 0 Å². The van der Waals surface area contributed by atoms with Gasteiger partial charge in [0.05, 0.1) is 0 Å². The first kappa shape index (κ1) is 7.49. The number of nitrogens with zero attached hydrogens (tertiary/aromatic N) is 1. The van der Waals surface area contributed by atoms with E-state index in [-0.39, 0.29) is 5.91 Å². The van der Waals surface area contributed by atoms with E-state index in [1.54, 1.807) is 18.2 Å². The van der Waals surface area contributed by atoms with Gasteiger partial charge < -0.3 is 8.57 Å². The number of hydrogen-bond donors (Lipinski definition) is 0. The molecule has 0 fully saturated rings. The van der Waals surface area contributed by atoms with Crippen molar-refractivity contribution < 1.29 is 9.00 Å². The average molecular weight is 180 g/mol. The van der Waals surface area contributed by atoms with Crippen LogP contribution in [-0.4, -0.2) is 5.91 Å². The standard InChI is InChI=1S/C8H6NO2S/c10-8-7-4-2-1-3-6(7)5-12(11)9-8/h1-4H,5H2/q-1. The Morgan fingerprint density at radius 2 is 2.08 bits per heavy atom. The van der Waals surface area contributed by atoms with Gasteiger partial charge >= 0.3 is 0 Å². The van der Waals surface area contributed by atoms with Crippen molar-refractivity contribution in [2.45, 2.75) is 5.75 Å². The number of carbonyl (C=O) groups excluding carboxylic acids is 1. The van der Waals surface area contributed by atoms with Crippen LogP contribution in [0.25, 0.3) is 0 Å². The normalized spacial score (nSPS) is 16.8. The Labute approximate surface area is 71.6 Å². The quantitative estimate of drug-likeness (QED) is 0.568. The second-order valence-electron chi connectivity index (χ2n) is 2.52. The van der Waals surface area contributed by atoms with E-state index in [2.05, 4.69) is 4.36 Å². The molecule has 4 heteroatoms. The number of benzene rings is 1. The van der Waals surface area contributed by atoms with Crippen LogP contribution in [0, 0.1) is 0 Å². The van der Waals surface area contributed by atoms with E-state index in [9.17, 15) is 9.00 Å². The lowest BCUT2D eigenvalue weighted by Crippen LogP contribution is -2.07. The average Bonchev–Trinajstić information content (AvgIpc) is 2.04. The highest BCUT2D eigenvalue weighted by molar-refractivity contribution is 7.74. The van der Waals surface area contributed by atoms with Crippen LogP contribution < -0.4 is 0 Å². The van der Waals surface area contributed by atoms with Crippen LogP contribution in [0.4, 0.5) is 0 Å². The van der Waals surface area contributed by atoms with Crippen molar-refractivity contribution in [3.63, 3.8) is 0 Å². The molecule has 3 nitrogen and oxygen atoms in total. The summed E-state index contributed by atoms with van der Waals surface area (Å²) in [6, 6.07) is 7.12. The molecule has 0 aliphatic carbocycles. The third kappa shape index (κ3) is 1.14. The molecule has 0 aromatic heterocycles. The van der Waals surface area contributed by atoms with Crippen LogP contribution in [0.5, 0.6) is 0 Å². The maximum atomic E-state index is 11.1. The Balaban J connectivity index is 2.63. The molecule has 0 saturated heterocycles. The van der Waals surface area contributed by atoms with Gasteiger partial charge in [0.25, 0.3) is 5.91 Å².